The van der Waals surface area contributed by atoms with Crippen LogP contribution in [0.15, 0.2) is 76.9 Å². The molecule has 174 valence electrons. The molecule has 7 nitrogen and oxygen atoms in total. The second kappa shape index (κ2) is 9.25. The maximum atomic E-state index is 12.5. The van der Waals surface area contributed by atoms with Crippen LogP contribution in [0.5, 0.6) is 17.2 Å². The summed E-state index contributed by atoms with van der Waals surface area (Å²) in [7, 11) is 0. The first-order valence-electron chi connectivity index (χ1n) is 10.5. The molecule has 2 heterocycles. The van der Waals surface area contributed by atoms with Crippen molar-refractivity contribution in [2.45, 2.75) is 6.92 Å². The van der Waals surface area contributed by atoms with Crippen LogP contribution in [0.25, 0.3) is 33.3 Å². The summed E-state index contributed by atoms with van der Waals surface area (Å²) in [5, 5.41) is 16.8. The summed E-state index contributed by atoms with van der Waals surface area (Å²) in [6.45, 7) is 1.44. The number of aromatic hydroxyl groups is 1. The topological polar surface area (TPSA) is 104 Å². The minimum absolute atomic E-state index is 0.172. The van der Waals surface area contributed by atoms with Gasteiger partial charge in [0.2, 0.25) is 11.7 Å². The van der Waals surface area contributed by atoms with Crippen LogP contribution in [0.2, 0.25) is 5.02 Å². The Morgan fingerprint density at radius 1 is 1.09 bits per heavy atom. The van der Waals surface area contributed by atoms with E-state index in [-0.39, 0.29) is 17.4 Å². The Bertz CT molecular complexity index is 1610. The smallest absolute Gasteiger partial charge is 0.295 e. The van der Waals surface area contributed by atoms with Crippen LogP contribution in [0.3, 0.4) is 0 Å². The number of aromatic amines is 1. The fraction of sp³-hybridized carbons (Fsp3) is 0.0385. The van der Waals surface area contributed by atoms with Gasteiger partial charge in [0, 0.05) is 28.8 Å². The molecule has 0 spiro atoms. The molecule has 35 heavy (non-hydrogen) atoms. The highest BCUT2D eigenvalue weighted by Crippen LogP contribution is 2.39. The van der Waals surface area contributed by atoms with Crippen molar-refractivity contribution < 1.29 is 14.6 Å². The molecule has 0 radical (unpaired) electrons. The number of nitrogens with one attached hydrogen (secondary N) is 2. The number of fused-ring (bicyclic) bond motifs is 1. The number of benzene rings is 3. The van der Waals surface area contributed by atoms with Gasteiger partial charge in [-0.05, 0) is 29.8 Å². The Labute approximate surface area is 208 Å². The lowest BCUT2D eigenvalue weighted by atomic mass is 10.0. The van der Waals surface area contributed by atoms with E-state index in [0.29, 0.717) is 32.4 Å². The zero-order valence-corrected chi connectivity index (χ0v) is 19.9. The van der Waals surface area contributed by atoms with E-state index >= 15 is 0 Å². The standard InChI is InChI=1S/C26H18ClN3O4S/c1-14(31)28-26-30-22(13-35-26)16-9-7-15(8-10-16)18-11-19-21(12-20(18)27)29-25(33)24(23(19)32)34-17-5-3-2-4-6-17/h2-13H,1H3,(H,28,30,31)(H2,29,32,33). The number of carbonyl (C=O) groups is 1. The van der Waals surface area contributed by atoms with Gasteiger partial charge < -0.3 is 20.1 Å². The number of carbonyl (C=O) groups excluding carboxylic acids is 1. The third-order valence-corrected chi connectivity index (χ3v) is 6.34. The van der Waals surface area contributed by atoms with Gasteiger partial charge in [-0.15, -0.1) is 11.3 Å². The SMILES string of the molecule is CC(=O)Nc1nc(-c2ccc(-c3cc4c(O)c(Oc5ccccc5)c(=O)[nH]c4cc3Cl)cc2)cs1. The average molecular weight is 504 g/mol. The molecule has 0 saturated carbocycles. The van der Waals surface area contributed by atoms with Crippen molar-refractivity contribution in [3.8, 4) is 39.6 Å². The highest BCUT2D eigenvalue weighted by Gasteiger charge is 2.17. The van der Waals surface area contributed by atoms with Gasteiger partial charge in [0.25, 0.3) is 5.56 Å². The number of halogens is 1. The lowest BCUT2D eigenvalue weighted by molar-refractivity contribution is -0.114. The number of aromatic nitrogens is 2. The number of nitrogens with zero attached hydrogens (tertiary/aromatic N) is 1. The molecule has 5 rings (SSSR count). The molecule has 1 amide bonds. The summed E-state index contributed by atoms with van der Waals surface area (Å²) < 4.78 is 5.66. The summed E-state index contributed by atoms with van der Waals surface area (Å²) in [6.07, 6.45) is 0. The van der Waals surface area contributed by atoms with Gasteiger partial charge in [0.1, 0.15) is 5.75 Å². The predicted octanol–water partition coefficient (Wildman–Crippen LogP) is 6.43. The van der Waals surface area contributed by atoms with E-state index in [2.05, 4.69) is 15.3 Å². The van der Waals surface area contributed by atoms with Gasteiger partial charge >= 0.3 is 0 Å². The van der Waals surface area contributed by atoms with E-state index in [9.17, 15) is 14.7 Å². The van der Waals surface area contributed by atoms with Gasteiger partial charge in [-0.2, -0.15) is 0 Å². The monoisotopic (exact) mass is 503 g/mol. The van der Waals surface area contributed by atoms with Gasteiger partial charge in [-0.3, -0.25) is 9.59 Å². The Kier molecular flexibility index (Phi) is 5.98. The van der Waals surface area contributed by atoms with Crippen molar-refractivity contribution >= 4 is 44.9 Å². The van der Waals surface area contributed by atoms with E-state index in [4.69, 9.17) is 16.3 Å². The van der Waals surface area contributed by atoms with E-state index < -0.39 is 5.56 Å². The summed E-state index contributed by atoms with van der Waals surface area (Å²) in [4.78, 5) is 30.9. The van der Waals surface area contributed by atoms with Crippen LogP contribution >= 0.6 is 22.9 Å². The summed E-state index contributed by atoms with van der Waals surface area (Å²) in [5.41, 5.74) is 2.95. The molecule has 3 aromatic carbocycles. The van der Waals surface area contributed by atoms with Crippen molar-refractivity contribution in [1.82, 2.24) is 9.97 Å². The first-order valence-corrected chi connectivity index (χ1v) is 11.8. The molecular weight excluding hydrogens is 486 g/mol. The Balaban J connectivity index is 1.51. The van der Waals surface area contributed by atoms with Crippen molar-refractivity contribution in [3.63, 3.8) is 0 Å². The van der Waals surface area contributed by atoms with E-state index in [0.717, 1.165) is 16.8 Å². The van der Waals surface area contributed by atoms with Crippen LogP contribution in [-0.4, -0.2) is 21.0 Å². The fourth-order valence-corrected chi connectivity index (χ4v) is 4.68. The van der Waals surface area contributed by atoms with Crippen molar-refractivity contribution in [2.24, 2.45) is 0 Å². The number of H-pyrrole nitrogens is 1. The second-order valence-electron chi connectivity index (χ2n) is 7.72. The fourth-order valence-electron chi connectivity index (χ4n) is 3.64. The van der Waals surface area contributed by atoms with Crippen molar-refractivity contribution in [2.75, 3.05) is 5.32 Å². The van der Waals surface area contributed by atoms with Gasteiger partial charge in [0.05, 0.1) is 16.2 Å². The van der Waals surface area contributed by atoms with E-state index in [1.807, 2.05) is 35.7 Å². The molecule has 3 N–H and O–H groups in total. The highest BCUT2D eigenvalue weighted by atomic mass is 35.5. The predicted molar refractivity (Wildman–Crippen MR) is 139 cm³/mol. The summed E-state index contributed by atoms with van der Waals surface area (Å²) >= 11 is 7.88. The van der Waals surface area contributed by atoms with Crippen LogP contribution in [0.4, 0.5) is 5.13 Å². The molecule has 0 aliphatic carbocycles. The van der Waals surface area contributed by atoms with Gasteiger partial charge in [-0.25, -0.2) is 4.98 Å². The molecule has 2 aromatic heterocycles. The number of anilines is 1. The number of ether oxygens (including phenoxy) is 1. The van der Waals surface area contributed by atoms with Gasteiger partial charge in [-0.1, -0.05) is 54.1 Å². The number of para-hydroxylation sites is 1. The molecule has 0 atom stereocenters. The Hall–Kier alpha value is -4.14. The zero-order chi connectivity index (χ0) is 24.5. The molecule has 0 fully saturated rings. The van der Waals surface area contributed by atoms with Crippen LogP contribution < -0.4 is 15.6 Å². The lowest BCUT2D eigenvalue weighted by Crippen LogP contribution is -2.09. The second-order valence-corrected chi connectivity index (χ2v) is 8.99. The average Bonchev–Trinajstić information content (AvgIpc) is 3.30. The largest absolute Gasteiger partial charge is 0.504 e. The summed E-state index contributed by atoms with van der Waals surface area (Å²) in [5.74, 6) is -0.198. The number of hydrogen-bond donors (Lipinski definition) is 3. The van der Waals surface area contributed by atoms with Crippen molar-refractivity contribution in [3.05, 3.63) is 87.5 Å². The Morgan fingerprint density at radius 2 is 1.80 bits per heavy atom. The number of rotatable bonds is 5. The number of amides is 1. The van der Waals surface area contributed by atoms with E-state index in [1.165, 1.54) is 18.3 Å². The molecule has 0 saturated heterocycles. The molecular formula is C26H18ClN3O4S. The molecule has 0 aliphatic heterocycles. The molecule has 0 aliphatic rings. The minimum atomic E-state index is -0.561. The summed E-state index contributed by atoms with van der Waals surface area (Å²) in [6, 6.07) is 19.7. The van der Waals surface area contributed by atoms with Crippen LogP contribution in [0.1, 0.15) is 6.92 Å². The third-order valence-electron chi connectivity index (χ3n) is 5.27. The quantitative estimate of drug-likeness (QED) is 0.256. The maximum Gasteiger partial charge on any atom is 0.295 e. The van der Waals surface area contributed by atoms with Gasteiger partial charge in [0.15, 0.2) is 10.9 Å². The van der Waals surface area contributed by atoms with E-state index in [1.54, 1.807) is 36.4 Å². The first-order chi connectivity index (χ1) is 16.9. The lowest BCUT2D eigenvalue weighted by Gasteiger charge is -2.12. The molecule has 0 bridgehead atoms. The zero-order valence-electron chi connectivity index (χ0n) is 18.3. The first kappa shape index (κ1) is 22.6. The molecule has 5 aromatic rings. The maximum absolute atomic E-state index is 12.5. The Morgan fingerprint density at radius 3 is 2.51 bits per heavy atom. The number of hydrogen-bond acceptors (Lipinski definition) is 6. The third kappa shape index (κ3) is 4.62. The highest BCUT2D eigenvalue weighted by molar-refractivity contribution is 7.14. The van der Waals surface area contributed by atoms with Crippen molar-refractivity contribution in [1.29, 1.82) is 0 Å². The normalized spacial score (nSPS) is 10.9. The molecule has 0 unspecified atom stereocenters. The number of thiazole rings is 1. The van der Waals surface area contributed by atoms with Crippen LogP contribution in [-0.2, 0) is 4.79 Å². The van der Waals surface area contributed by atoms with Crippen LogP contribution in [0, 0.1) is 0 Å². The number of pyridine rings is 1. The molecule has 9 heteroatoms. The minimum Gasteiger partial charge on any atom is -0.504 e.